The van der Waals surface area contributed by atoms with E-state index in [1.165, 1.54) is 19.3 Å². The number of carbonyl (C=O) groups is 1. The molecule has 5 heteroatoms. The summed E-state index contributed by atoms with van der Waals surface area (Å²) in [7, 11) is 0. The molecule has 1 aliphatic rings. The van der Waals surface area contributed by atoms with Gasteiger partial charge >= 0.3 is 0 Å². The highest BCUT2D eigenvalue weighted by atomic mass is 32.1. The van der Waals surface area contributed by atoms with Gasteiger partial charge in [-0.15, -0.1) is 11.3 Å². The van der Waals surface area contributed by atoms with Crippen molar-refractivity contribution in [2.75, 3.05) is 26.2 Å². The molecule has 0 saturated carbocycles. The first-order valence-electron chi connectivity index (χ1n) is 7.37. The number of nitrogens with one attached hydrogen (secondary N) is 1. The van der Waals surface area contributed by atoms with Crippen molar-refractivity contribution < 1.29 is 4.79 Å². The summed E-state index contributed by atoms with van der Waals surface area (Å²) in [6, 6.07) is 3.98. The van der Waals surface area contributed by atoms with Gasteiger partial charge in [-0.05, 0) is 55.9 Å². The van der Waals surface area contributed by atoms with Crippen LogP contribution in [-0.4, -0.2) is 37.0 Å². The highest BCUT2D eigenvalue weighted by Gasteiger charge is 2.12. The Morgan fingerprint density at radius 2 is 2.24 bits per heavy atom. The predicted molar refractivity (Wildman–Crippen MR) is 85.9 cm³/mol. The molecule has 2 heterocycles. The Kier molecular flexibility index (Phi) is 5.97. The fraction of sp³-hybridized carbons (Fsp3) is 0.500. The second-order valence-electron chi connectivity index (χ2n) is 5.30. The smallest absolute Gasteiger partial charge is 0.262 e. The number of carbonyl (C=O) groups excluding carboxylic acids is 1. The van der Waals surface area contributed by atoms with Crippen LogP contribution < -0.4 is 5.32 Å². The molecule has 1 fully saturated rings. The molecule has 4 nitrogen and oxygen atoms in total. The molecule has 2 rings (SSSR count). The monoisotopic (exact) mass is 303 g/mol. The Labute approximate surface area is 130 Å². The van der Waals surface area contributed by atoms with Gasteiger partial charge in [-0.1, -0.05) is 6.42 Å². The Bertz CT molecular complexity index is 550. The third kappa shape index (κ3) is 4.69. The standard InChI is InChI=1S/C16H21N3OS/c1-13-5-10-21-15(13)11-14(12-17)16(20)18-6-9-19-7-3-2-4-8-19/h5,10-11H,2-4,6-9H2,1H3,(H,18,20)/b14-11-. The van der Waals surface area contributed by atoms with Crippen molar-refractivity contribution in [3.8, 4) is 6.07 Å². The van der Waals surface area contributed by atoms with Crippen LogP contribution in [0.5, 0.6) is 0 Å². The van der Waals surface area contributed by atoms with E-state index < -0.39 is 0 Å². The molecule has 1 aromatic heterocycles. The minimum atomic E-state index is -0.276. The molecule has 1 N–H and O–H groups in total. The third-order valence-electron chi connectivity index (χ3n) is 3.70. The normalized spacial score (nSPS) is 16.5. The second-order valence-corrected chi connectivity index (χ2v) is 6.24. The number of hydrogen-bond acceptors (Lipinski definition) is 4. The van der Waals surface area contributed by atoms with Gasteiger partial charge in [-0.2, -0.15) is 5.26 Å². The number of amides is 1. The molecule has 0 bridgehead atoms. The predicted octanol–water partition coefficient (Wildman–Crippen LogP) is 2.57. The molecule has 1 aliphatic heterocycles. The lowest BCUT2D eigenvalue weighted by molar-refractivity contribution is -0.117. The Morgan fingerprint density at radius 3 is 2.86 bits per heavy atom. The van der Waals surface area contributed by atoms with Crippen molar-refractivity contribution in [2.45, 2.75) is 26.2 Å². The van der Waals surface area contributed by atoms with Gasteiger partial charge in [-0.3, -0.25) is 4.79 Å². The third-order valence-corrected chi connectivity index (χ3v) is 4.67. The van der Waals surface area contributed by atoms with Crippen LogP contribution in [-0.2, 0) is 4.79 Å². The quantitative estimate of drug-likeness (QED) is 0.672. The number of rotatable bonds is 5. The minimum Gasteiger partial charge on any atom is -0.350 e. The van der Waals surface area contributed by atoms with Crippen molar-refractivity contribution in [1.29, 1.82) is 5.26 Å². The topological polar surface area (TPSA) is 56.1 Å². The lowest BCUT2D eigenvalue weighted by Crippen LogP contribution is -2.37. The van der Waals surface area contributed by atoms with Crippen molar-refractivity contribution in [2.24, 2.45) is 0 Å². The van der Waals surface area contributed by atoms with E-state index in [1.54, 1.807) is 17.4 Å². The lowest BCUT2D eigenvalue weighted by Gasteiger charge is -2.26. The number of likely N-dealkylation sites (tertiary alicyclic amines) is 1. The summed E-state index contributed by atoms with van der Waals surface area (Å²) in [5, 5.41) is 14.0. The Balaban J connectivity index is 1.84. The number of aryl methyl sites for hydroxylation is 1. The van der Waals surface area contributed by atoms with Crippen LogP contribution in [0.25, 0.3) is 6.08 Å². The highest BCUT2D eigenvalue weighted by molar-refractivity contribution is 7.11. The van der Waals surface area contributed by atoms with Gasteiger partial charge in [0.15, 0.2) is 0 Å². The van der Waals surface area contributed by atoms with Crippen LogP contribution in [0.4, 0.5) is 0 Å². The molecule has 0 radical (unpaired) electrons. The van der Waals surface area contributed by atoms with Crippen LogP contribution in [0.3, 0.4) is 0 Å². The van der Waals surface area contributed by atoms with Crippen molar-refractivity contribution in [3.63, 3.8) is 0 Å². The second kappa shape index (κ2) is 7.96. The van der Waals surface area contributed by atoms with E-state index in [0.29, 0.717) is 6.54 Å². The van der Waals surface area contributed by atoms with E-state index in [4.69, 9.17) is 5.26 Å². The van der Waals surface area contributed by atoms with Gasteiger partial charge in [0.2, 0.25) is 0 Å². The average molecular weight is 303 g/mol. The molecule has 0 unspecified atom stereocenters. The van der Waals surface area contributed by atoms with Crippen molar-refractivity contribution >= 4 is 23.3 Å². The zero-order valence-corrected chi connectivity index (χ0v) is 13.2. The summed E-state index contributed by atoms with van der Waals surface area (Å²) >= 11 is 1.54. The summed E-state index contributed by atoms with van der Waals surface area (Å²) in [4.78, 5) is 15.4. The molecule has 0 spiro atoms. The van der Waals surface area contributed by atoms with Gasteiger partial charge in [-0.25, -0.2) is 0 Å². The maximum Gasteiger partial charge on any atom is 0.262 e. The molecule has 0 aliphatic carbocycles. The number of piperidine rings is 1. The summed E-state index contributed by atoms with van der Waals surface area (Å²) in [5.41, 5.74) is 1.27. The van der Waals surface area contributed by atoms with Crippen LogP contribution in [0.1, 0.15) is 29.7 Å². The van der Waals surface area contributed by atoms with Crippen LogP contribution in [0.15, 0.2) is 17.0 Å². The lowest BCUT2D eigenvalue weighted by atomic mass is 10.1. The fourth-order valence-corrected chi connectivity index (χ4v) is 3.28. The molecule has 1 amide bonds. The summed E-state index contributed by atoms with van der Waals surface area (Å²) in [6.45, 7) is 5.67. The highest BCUT2D eigenvalue weighted by Crippen LogP contribution is 2.19. The fourth-order valence-electron chi connectivity index (χ4n) is 2.42. The zero-order chi connectivity index (χ0) is 15.1. The Morgan fingerprint density at radius 1 is 1.48 bits per heavy atom. The zero-order valence-electron chi connectivity index (χ0n) is 12.4. The molecule has 21 heavy (non-hydrogen) atoms. The van der Waals surface area contributed by atoms with Crippen molar-refractivity contribution in [1.82, 2.24) is 10.2 Å². The van der Waals surface area contributed by atoms with E-state index in [2.05, 4.69) is 10.2 Å². The first kappa shape index (κ1) is 15.7. The maximum atomic E-state index is 12.0. The maximum absolute atomic E-state index is 12.0. The molecule has 112 valence electrons. The molecular weight excluding hydrogens is 282 g/mol. The summed E-state index contributed by atoms with van der Waals surface area (Å²) < 4.78 is 0. The van der Waals surface area contributed by atoms with E-state index in [-0.39, 0.29) is 11.5 Å². The first-order valence-corrected chi connectivity index (χ1v) is 8.25. The van der Waals surface area contributed by atoms with Gasteiger partial charge in [0.25, 0.3) is 5.91 Å². The molecule has 0 aromatic carbocycles. The van der Waals surface area contributed by atoms with Gasteiger partial charge < -0.3 is 10.2 Å². The number of hydrogen-bond donors (Lipinski definition) is 1. The summed E-state index contributed by atoms with van der Waals surface area (Å²) in [6.07, 6.45) is 5.48. The van der Waals surface area contributed by atoms with Crippen LogP contribution in [0, 0.1) is 18.3 Å². The van der Waals surface area contributed by atoms with Crippen LogP contribution in [0.2, 0.25) is 0 Å². The number of thiophene rings is 1. The number of nitriles is 1. The van der Waals surface area contributed by atoms with E-state index in [1.807, 2.05) is 24.4 Å². The Hall–Kier alpha value is -1.64. The SMILES string of the molecule is Cc1ccsc1/C=C(/C#N)C(=O)NCCN1CCCCC1. The molecule has 1 aromatic rings. The largest absolute Gasteiger partial charge is 0.350 e. The minimum absolute atomic E-state index is 0.180. The first-order chi connectivity index (χ1) is 10.2. The van der Waals surface area contributed by atoms with Gasteiger partial charge in [0.1, 0.15) is 11.6 Å². The molecule has 0 atom stereocenters. The average Bonchev–Trinajstić information content (AvgIpc) is 2.91. The van der Waals surface area contributed by atoms with E-state index >= 15 is 0 Å². The molecule has 1 saturated heterocycles. The summed E-state index contributed by atoms with van der Waals surface area (Å²) in [5.74, 6) is -0.276. The van der Waals surface area contributed by atoms with Gasteiger partial charge in [0, 0.05) is 18.0 Å². The van der Waals surface area contributed by atoms with E-state index in [0.717, 1.165) is 30.1 Å². The van der Waals surface area contributed by atoms with E-state index in [9.17, 15) is 4.79 Å². The van der Waals surface area contributed by atoms with Crippen LogP contribution >= 0.6 is 11.3 Å². The van der Waals surface area contributed by atoms with Gasteiger partial charge in [0.05, 0.1) is 0 Å². The van der Waals surface area contributed by atoms with Crippen molar-refractivity contribution in [3.05, 3.63) is 27.5 Å². The molecular formula is C16H21N3OS. The number of nitrogens with zero attached hydrogens (tertiary/aromatic N) is 2.